The smallest absolute Gasteiger partial charge is 0.169 e. The zero-order valence-electron chi connectivity index (χ0n) is 7.29. The molecule has 1 rings (SSSR count). The third-order valence-corrected chi connectivity index (χ3v) is 1.85. The SMILES string of the molecule is COc1c(N)c(N)c(N)c(N)c1N. The fraction of sp³-hybridized carbons (Fsp3) is 0.143. The first-order chi connectivity index (χ1) is 6.00. The molecule has 0 unspecified atom stereocenters. The molecule has 13 heavy (non-hydrogen) atoms. The van der Waals surface area contributed by atoms with Crippen LogP contribution >= 0.6 is 0 Å². The second-order valence-electron chi connectivity index (χ2n) is 2.60. The predicted octanol–water partition coefficient (Wildman–Crippen LogP) is -0.394. The summed E-state index contributed by atoms with van der Waals surface area (Å²) in [5, 5.41) is 0. The van der Waals surface area contributed by atoms with Crippen molar-refractivity contribution in [2.45, 2.75) is 0 Å². The summed E-state index contributed by atoms with van der Waals surface area (Å²) < 4.78 is 4.93. The second-order valence-corrected chi connectivity index (χ2v) is 2.60. The minimum Gasteiger partial charge on any atom is -0.492 e. The highest BCUT2D eigenvalue weighted by molar-refractivity contribution is 5.98. The molecule has 0 aliphatic carbocycles. The number of hydrogen-bond donors (Lipinski definition) is 5. The van der Waals surface area contributed by atoms with E-state index < -0.39 is 0 Å². The molecule has 0 aliphatic rings. The minimum atomic E-state index is 0.191. The molecule has 0 fully saturated rings. The Morgan fingerprint density at radius 3 is 1.31 bits per heavy atom. The lowest BCUT2D eigenvalue weighted by atomic mass is 10.1. The predicted molar refractivity (Wildman–Crippen MR) is 55.1 cm³/mol. The number of benzene rings is 1. The van der Waals surface area contributed by atoms with Crippen molar-refractivity contribution in [2.24, 2.45) is 0 Å². The van der Waals surface area contributed by atoms with E-state index in [0.717, 1.165) is 0 Å². The molecule has 72 valence electrons. The average molecular weight is 183 g/mol. The summed E-state index contributed by atoms with van der Waals surface area (Å²) in [6, 6.07) is 0. The van der Waals surface area contributed by atoms with Crippen LogP contribution in [0.3, 0.4) is 0 Å². The lowest BCUT2D eigenvalue weighted by molar-refractivity contribution is 0.419. The van der Waals surface area contributed by atoms with E-state index in [-0.39, 0.29) is 34.2 Å². The topological polar surface area (TPSA) is 139 Å². The third-order valence-electron chi connectivity index (χ3n) is 1.85. The van der Waals surface area contributed by atoms with Crippen LogP contribution < -0.4 is 33.4 Å². The molecule has 0 spiro atoms. The van der Waals surface area contributed by atoms with Gasteiger partial charge < -0.3 is 33.4 Å². The number of methoxy groups -OCH3 is 1. The number of ether oxygens (including phenoxy) is 1. The maximum Gasteiger partial charge on any atom is 0.169 e. The lowest BCUT2D eigenvalue weighted by Crippen LogP contribution is -2.09. The zero-order chi connectivity index (χ0) is 10.2. The molecule has 0 heterocycles. The molecule has 0 aliphatic heterocycles. The van der Waals surface area contributed by atoms with Crippen molar-refractivity contribution < 1.29 is 4.74 Å². The van der Waals surface area contributed by atoms with Crippen molar-refractivity contribution in [3.63, 3.8) is 0 Å². The Labute approximate surface area is 75.6 Å². The summed E-state index contributed by atoms with van der Waals surface area (Å²) in [6.07, 6.45) is 0. The van der Waals surface area contributed by atoms with Gasteiger partial charge in [0.05, 0.1) is 24.2 Å². The summed E-state index contributed by atoms with van der Waals surface area (Å²) in [6.45, 7) is 0. The molecule has 0 atom stereocenters. The molecular weight excluding hydrogens is 170 g/mol. The van der Waals surface area contributed by atoms with Crippen molar-refractivity contribution >= 4 is 28.4 Å². The van der Waals surface area contributed by atoms with E-state index >= 15 is 0 Å². The molecule has 6 heteroatoms. The van der Waals surface area contributed by atoms with Crippen LogP contribution in [0.1, 0.15) is 0 Å². The van der Waals surface area contributed by atoms with Crippen molar-refractivity contribution in [2.75, 3.05) is 35.8 Å². The van der Waals surface area contributed by atoms with E-state index in [1.54, 1.807) is 0 Å². The van der Waals surface area contributed by atoms with E-state index in [9.17, 15) is 0 Å². The standard InChI is InChI=1S/C7H13N5O/c1-13-7-5(11)3(9)2(8)4(10)6(7)12/h8-12H2,1H3. The zero-order valence-corrected chi connectivity index (χ0v) is 7.29. The van der Waals surface area contributed by atoms with E-state index in [1.165, 1.54) is 7.11 Å². The minimum absolute atomic E-state index is 0.191. The Balaban J connectivity index is 3.56. The summed E-state index contributed by atoms with van der Waals surface area (Å²) in [5.74, 6) is 0.268. The molecule has 0 aromatic heterocycles. The molecule has 1 aromatic rings. The van der Waals surface area contributed by atoms with E-state index in [0.29, 0.717) is 0 Å². The van der Waals surface area contributed by atoms with Gasteiger partial charge in [0, 0.05) is 0 Å². The van der Waals surface area contributed by atoms with Crippen molar-refractivity contribution in [3.05, 3.63) is 0 Å². The first-order valence-electron chi connectivity index (χ1n) is 3.56. The summed E-state index contributed by atoms with van der Waals surface area (Å²) in [5.41, 5.74) is 28.9. The van der Waals surface area contributed by atoms with Gasteiger partial charge in [0.1, 0.15) is 11.4 Å². The van der Waals surface area contributed by atoms with Crippen LogP contribution in [-0.4, -0.2) is 7.11 Å². The Bertz CT molecular complexity index is 320. The van der Waals surface area contributed by atoms with E-state index in [4.69, 9.17) is 33.4 Å². The Hall–Kier alpha value is -1.98. The molecular formula is C7H13N5O. The van der Waals surface area contributed by atoms with Gasteiger partial charge in [0.25, 0.3) is 0 Å². The van der Waals surface area contributed by atoms with Gasteiger partial charge in [0.2, 0.25) is 0 Å². The number of rotatable bonds is 1. The van der Waals surface area contributed by atoms with Gasteiger partial charge in [-0.3, -0.25) is 0 Å². The van der Waals surface area contributed by atoms with Crippen LogP contribution in [-0.2, 0) is 0 Å². The maximum atomic E-state index is 5.60. The van der Waals surface area contributed by atoms with E-state index in [2.05, 4.69) is 0 Å². The van der Waals surface area contributed by atoms with Gasteiger partial charge >= 0.3 is 0 Å². The third kappa shape index (κ3) is 1.12. The maximum absolute atomic E-state index is 5.60. The van der Waals surface area contributed by atoms with Crippen LogP contribution in [0.25, 0.3) is 0 Å². The fourth-order valence-electron chi connectivity index (χ4n) is 1.04. The van der Waals surface area contributed by atoms with Gasteiger partial charge in [-0.1, -0.05) is 0 Å². The molecule has 6 nitrogen and oxygen atoms in total. The first-order valence-corrected chi connectivity index (χ1v) is 3.56. The number of nitrogens with two attached hydrogens (primary N) is 5. The molecule has 10 N–H and O–H groups in total. The highest BCUT2D eigenvalue weighted by atomic mass is 16.5. The van der Waals surface area contributed by atoms with Crippen LogP contribution in [0.4, 0.5) is 28.4 Å². The lowest BCUT2D eigenvalue weighted by Gasteiger charge is -2.14. The number of hydrogen-bond acceptors (Lipinski definition) is 6. The Kier molecular flexibility index (Phi) is 1.97. The molecule has 1 aromatic carbocycles. The number of nitrogen functional groups attached to an aromatic ring is 5. The molecule has 0 saturated heterocycles. The fourth-order valence-corrected chi connectivity index (χ4v) is 1.04. The van der Waals surface area contributed by atoms with Gasteiger partial charge in [-0.15, -0.1) is 0 Å². The van der Waals surface area contributed by atoms with Gasteiger partial charge in [-0.25, -0.2) is 0 Å². The van der Waals surface area contributed by atoms with Crippen LogP contribution in [0.2, 0.25) is 0 Å². The first kappa shape index (κ1) is 9.11. The van der Waals surface area contributed by atoms with Gasteiger partial charge in [-0.2, -0.15) is 0 Å². The molecule has 0 amide bonds. The average Bonchev–Trinajstić information content (AvgIpc) is 2.13. The largest absolute Gasteiger partial charge is 0.492 e. The summed E-state index contributed by atoms with van der Waals surface area (Å²) >= 11 is 0. The molecule has 0 bridgehead atoms. The van der Waals surface area contributed by atoms with Gasteiger partial charge in [-0.05, 0) is 0 Å². The molecule has 0 saturated carbocycles. The van der Waals surface area contributed by atoms with Crippen LogP contribution in [0, 0.1) is 0 Å². The Morgan fingerprint density at radius 1 is 0.692 bits per heavy atom. The monoisotopic (exact) mass is 183 g/mol. The summed E-state index contributed by atoms with van der Waals surface area (Å²) in [7, 11) is 1.43. The normalized spacial score (nSPS) is 9.92. The van der Waals surface area contributed by atoms with Crippen molar-refractivity contribution in [1.29, 1.82) is 0 Å². The van der Waals surface area contributed by atoms with Gasteiger partial charge in [0.15, 0.2) is 5.75 Å². The highest BCUT2D eigenvalue weighted by Gasteiger charge is 2.15. The highest BCUT2D eigenvalue weighted by Crippen LogP contribution is 2.43. The quantitative estimate of drug-likeness (QED) is 0.375. The van der Waals surface area contributed by atoms with E-state index in [1.807, 2.05) is 0 Å². The Morgan fingerprint density at radius 2 is 1.00 bits per heavy atom. The van der Waals surface area contributed by atoms with Crippen molar-refractivity contribution in [3.8, 4) is 5.75 Å². The summed E-state index contributed by atoms with van der Waals surface area (Å²) in [4.78, 5) is 0. The van der Waals surface area contributed by atoms with Crippen molar-refractivity contribution in [1.82, 2.24) is 0 Å². The van der Waals surface area contributed by atoms with Crippen LogP contribution in [0.5, 0.6) is 5.75 Å². The second kappa shape index (κ2) is 2.81. The molecule has 0 radical (unpaired) electrons. The van der Waals surface area contributed by atoms with Crippen LogP contribution in [0.15, 0.2) is 0 Å². The number of anilines is 5.